The first-order chi connectivity index (χ1) is 3.81. The van der Waals surface area contributed by atoms with Crippen LogP contribution in [0.4, 0.5) is 0 Å². The Kier molecular flexibility index (Phi) is 4.62. The van der Waals surface area contributed by atoms with Crippen LogP contribution in [0.1, 0.15) is 33.1 Å². The average molecular weight is 113 g/mol. The largest absolute Gasteiger partial charge is 0.313 e. The van der Waals surface area contributed by atoms with E-state index in [0.717, 1.165) is 0 Å². The third kappa shape index (κ3) is 3.85. The Morgan fingerprint density at radius 1 is 1.62 bits per heavy atom. The number of hydrogen-bond donors (Lipinski definition) is 1. The summed E-state index contributed by atoms with van der Waals surface area (Å²) >= 11 is 0. The zero-order chi connectivity index (χ0) is 6.41. The molecule has 0 aliphatic heterocycles. The Labute approximate surface area is 51.6 Å². The van der Waals surface area contributed by atoms with Crippen LogP contribution in [0.5, 0.6) is 0 Å². The van der Waals surface area contributed by atoms with Crippen molar-refractivity contribution in [3.63, 3.8) is 0 Å². The summed E-state index contributed by atoms with van der Waals surface area (Å²) in [4.78, 5) is 0. The Morgan fingerprint density at radius 3 is 2.62 bits per heavy atom. The van der Waals surface area contributed by atoms with E-state index in [-0.39, 0.29) is 0 Å². The van der Waals surface area contributed by atoms with Crippen molar-refractivity contribution in [3.8, 4) is 0 Å². The van der Waals surface area contributed by atoms with Crippen molar-refractivity contribution in [1.82, 2.24) is 0 Å². The summed E-state index contributed by atoms with van der Waals surface area (Å²) < 4.78 is 0. The molecule has 0 rings (SSSR count). The minimum atomic E-state index is 0.495. The molecular weight excluding hydrogens is 98.1 g/mol. The SMILES string of the molecule is CCCCC(C)C=N. The molecule has 0 saturated carbocycles. The van der Waals surface area contributed by atoms with E-state index >= 15 is 0 Å². The van der Waals surface area contributed by atoms with E-state index in [1.54, 1.807) is 0 Å². The van der Waals surface area contributed by atoms with Gasteiger partial charge in [-0.25, -0.2) is 0 Å². The predicted molar refractivity (Wildman–Crippen MR) is 37.5 cm³/mol. The van der Waals surface area contributed by atoms with Gasteiger partial charge in [-0.05, 0) is 18.6 Å². The molecule has 0 fully saturated rings. The predicted octanol–water partition coefficient (Wildman–Crippen LogP) is 2.46. The first-order valence-corrected chi connectivity index (χ1v) is 3.31. The second-order valence-electron chi connectivity index (χ2n) is 2.29. The Hall–Kier alpha value is -0.330. The molecule has 1 heteroatoms. The molecule has 8 heavy (non-hydrogen) atoms. The summed E-state index contributed by atoms with van der Waals surface area (Å²) in [6.07, 6.45) is 5.21. The van der Waals surface area contributed by atoms with Crippen LogP contribution in [-0.2, 0) is 0 Å². The fraction of sp³-hybridized carbons (Fsp3) is 0.857. The molecule has 1 N–H and O–H groups in total. The van der Waals surface area contributed by atoms with Gasteiger partial charge in [-0.15, -0.1) is 0 Å². The van der Waals surface area contributed by atoms with E-state index in [4.69, 9.17) is 5.41 Å². The molecule has 48 valence electrons. The van der Waals surface area contributed by atoms with Gasteiger partial charge >= 0.3 is 0 Å². The van der Waals surface area contributed by atoms with Crippen LogP contribution in [0.2, 0.25) is 0 Å². The maximum absolute atomic E-state index is 6.86. The summed E-state index contributed by atoms with van der Waals surface area (Å²) in [5.74, 6) is 0.495. The maximum Gasteiger partial charge on any atom is -0.00195 e. The zero-order valence-corrected chi connectivity index (χ0v) is 5.78. The van der Waals surface area contributed by atoms with Gasteiger partial charge < -0.3 is 5.41 Å². The summed E-state index contributed by atoms with van der Waals surface area (Å²) in [6.45, 7) is 4.26. The molecule has 0 bridgehead atoms. The lowest BCUT2D eigenvalue weighted by molar-refractivity contribution is 0.631. The molecule has 0 aliphatic rings. The van der Waals surface area contributed by atoms with Gasteiger partial charge in [0.2, 0.25) is 0 Å². The van der Waals surface area contributed by atoms with Gasteiger partial charge in [-0.3, -0.25) is 0 Å². The molecule has 1 unspecified atom stereocenters. The monoisotopic (exact) mass is 113 g/mol. The molecule has 1 atom stereocenters. The topological polar surface area (TPSA) is 23.9 Å². The highest BCUT2D eigenvalue weighted by molar-refractivity contribution is 5.55. The molecule has 0 aliphatic carbocycles. The van der Waals surface area contributed by atoms with Gasteiger partial charge in [-0.2, -0.15) is 0 Å². The van der Waals surface area contributed by atoms with Crippen molar-refractivity contribution in [3.05, 3.63) is 0 Å². The molecule has 0 aromatic carbocycles. The highest BCUT2D eigenvalue weighted by atomic mass is 14.3. The van der Waals surface area contributed by atoms with Crippen LogP contribution < -0.4 is 0 Å². The van der Waals surface area contributed by atoms with E-state index in [1.807, 2.05) is 0 Å². The minimum absolute atomic E-state index is 0.495. The minimum Gasteiger partial charge on any atom is -0.313 e. The third-order valence-corrected chi connectivity index (χ3v) is 1.30. The van der Waals surface area contributed by atoms with E-state index in [0.29, 0.717) is 5.92 Å². The molecule has 0 aromatic rings. The highest BCUT2D eigenvalue weighted by Gasteiger charge is 1.92. The Balaban J connectivity index is 2.98. The molecule has 0 radical (unpaired) electrons. The van der Waals surface area contributed by atoms with Crippen LogP contribution in [-0.4, -0.2) is 6.21 Å². The lowest BCUT2D eigenvalue weighted by Crippen LogP contribution is -1.92. The maximum atomic E-state index is 6.86. The average Bonchev–Trinajstić information content (AvgIpc) is 1.83. The van der Waals surface area contributed by atoms with Crippen LogP contribution in [0.3, 0.4) is 0 Å². The van der Waals surface area contributed by atoms with Crippen molar-refractivity contribution in [2.75, 3.05) is 0 Å². The molecule has 0 amide bonds. The number of rotatable bonds is 4. The van der Waals surface area contributed by atoms with E-state index < -0.39 is 0 Å². The molecule has 0 aromatic heterocycles. The lowest BCUT2D eigenvalue weighted by atomic mass is 10.1. The van der Waals surface area contributed by atoms with Gasteiger partial charge in [0.1, 0.15) is 0 Å². The molecular formula is C7H15N. The summed E-state index contributed by atoms with van der Waals surface area (Å²) in [5.41, 5.74) is 0. The van der Waals surface area contributed by atoms with Crippen molar-refractivity contribution < 1.29 is 0 Å². The van der Waals surface area contributed by atoms with Gasteiger partial charge in [-0.1, -0.05) is 26.7 Å². The van der Waals surface area contributed by atoms with E-state index in [2.05, 4.69) is 13.8 Å². The van der Waals surface area contributed by atoms with Crippen molar-refractivity contribution in [2.24, 2.45) is 5.92 Å². The summed E-state index contributed by atoms with van der Waals surface area (Å²) in [7, 11) is 0. The van der Waals surface area contributed by atoms with Gasteiger partial charge in [0.05, 0.1) is 0 Å². The number of nitrogens with one attached hydrogen (secondary N) is 1. The van der Waals surface area contributed by atoms with Crippen LogP contribution in [0.25, 0.3) is 0 Å². The Morgan fingerprint density at radius 2 is 2.25 bits per heavy atom. The third-order valence-electron chi connectivity index (χ3n) is 1.30. The molecule has 0 spiro atoms. The van der Waals surface area contributed by atoms with Crippen molar-refractivity contribution in [2.45, 2.75) is 33.1 Å². The van der Waals surface area contributed by atoms with Gasteiger partial charge in [0.25, 0.3) is 0 Å². The van der Waals surface area contributed by atoms with Gasteiger partial charge in [0.15, 0.2) is 0 Å². The standard InChI is InChI=1S/C7H15N/c1-3-4-5-7(2)6-8/h6-8H,3-5H2,1-2H3. The first-order valence-electron chi connectivity index (χ1n) is 3.31. The van der Waals surface area contributed by atoms with Crippen molar-refractivity contribution >= 4 is 6.21 Å². The zero-order valence-electron chi connectivity index (χ0n) is 5.78. The first kappa shape index (κ1) is 7.67. The second kappa shape index (κ2) is 4.82. The highest BCUT2D eigenvalue weighted by Crippen LogP contribution is 2.03. The summed E-state index contributed by atoms with van der Waals surface area (Å²) in [5, 5.41) is 6.86. The molecule has 0 saturated heterocycles. The fourth-order valence-corrected chi connectivity index (χ4v) is 0.609. The lowest BCUT2D eigenvalue weighted by Gasteiger charge is -1.99. The van der Waals surface area contributed by atoms with Crippen LogP contribution in [0.15, 0.2) is 0 Å². The quantitative estimate of drug-likeness (QED) is 0.541. The molecule has 0 heterocycles. The Bertz CT molecular complexity index is 59.4. The van der Waals surface area contributed by atoms with Gasteiger partial charge in [0, 0.05) is 0 Å². The smallest absolute Gasteiger partial charge is 0.00195 e. The second-order valence-corrected chi connectivity index (χ2v) is 2.29. The molecule has 1 nitrogen and oxygen atoms in total. The van der Waals surface area contributed by atoms with E-state index in [1.165, 1.54) is 25.5 Å². The van der Waals surface area contributed by atoms with Crippen molar-refractivity contribution in [1.29, 1.82) is 5.41 Å². The van der Waals surface area contributed by atoms with Crippen LogP contribution in [0, 0.1) is 11.3 Å². The van der Waals surface area contributed by atoms with Crippen LogP contribution >= 0.6 is 0 Å². The normalized spacial score (nSPS) is 13.2. The number of hydrogen-bond acceptors (Lipinski definition) is 1. The fourth-order valence-electron chi connectivity index (χ4n) is 0.609. The van der Waals surface area contributed by atoms with E-state index in [9.17, 15) is 0 Å². The summed E-state index contributed by atoms with van der Waals surface area (Å²) in [6, 6.07) is 0. The number of unbranched alkanes of at least 4 members (excludes halogenated alkanes) is 1.